The first-order valence-electron chi connectivity index (χ1n) is 6.18. The summed E-state index contributed by atoms with van der Waals surface area (Å²) in [5, 5.41) is 8.74. The third-order valence-corrected chi connectivity index (χ3v) is 2.59. The number of carbonyl (C=O) groups is 1. The highest BCUT2D eigenvalue weighted by molar-refractivity contribution is 5.92. The first kappa shape index (κ1) is 13.6. The van der Waals surface area contributed by atoms with Crippen molar-refractivity contribution in [1.82, 2.24) is 0 Å². The zero-order chi connectivity index (χ0) is 14.4. The summed E-state index contributed by atoms with van der Waals surface area (Å²) in [5.41, 5.74) is 0.926. The van der Waals surface area contributed by atoms with Crippen LogP contribution < -0.4 is 4.74 Å². The normalized spacial score (nSPS) is 9.60. The average molecular weight is 267 g/mol. The van der Waals surface area contributed by atoms with Crippen LogP contribution in [0, 0.1) is 11.3 Å². The Morgan fingerprint density at radius 3 is 2.50 bits per heavy atom. The van der Waals surface area contributed by atoms with Gasteiger partial charge in [-0.1, -0.05) is 12.1 Å². The maximum atomic E-state index is 11.8. The largest absolute Gasteiger partial charge is 0.462 e. The molecule has 0 aromatic heterocycles. The van der Waals surface area contributed by atoms with Crippen molar-refractivity contribution in [3.63, 3.8) is 0 Å². The smallest absolute Gasteiger partial charge is 0.341 e. The molecule has 0 amide bonds. The number of benzene rings is 2. The minimum atomic E-state index is -0.420. The molecule has 0 aliphatic carbocycles. The van der Waals surface area contributed by atoms with E-state index in [9.17, 15) is 4.79 Å². The summed E-state index contributed by atoms with van der Waals surface area (Å²) in [6, 6.07) is 15.6. The summed E-state index contributed by atoms with van der Waals surface area (Å²) in [5.74, 6) is 0.563. The monoisotopic (exact) mass is 267 g/mol. The van der Waals surface area contributed by atoms with Crippen LogP contribution in [0.5, 0.6) is 11.5 Å². The minimum absolute atomic E-state index is 0.310. The second kappa shape index (κ2) is 6.39. The quantitative estimate of drug-likeness (QED) is 0.795. The molecule has 0 saturated heterocycles. The fourth-order valence-electron chi connectivity index (χ4n) is 1.66. The lowest BCUT2D eigenvalue weighted by Crippen LogP contribution is -2.06. The molecule has 2 aromatic carbocycles. The minimum Gasteiger partial charge on any atom is -0.462 e. The molecule has 0 aliphatic rings. The molecule has 0 unspecified atom stereocenters. The molecular formula is C16H13NO3. The summed E-state index contributed by atoms with van der Waals surface area (Å²) < 4.78 is 10.6. The van der Waals surface area contributed by atoms with E-state index >= 15 is 0 Å². The molecule has 20 heavy (non-hydrogen) atoms. The Balaban J connectivity index is 2.24. The van der Waals surface area contributed by atoms with Crippen LogP contribution in [0.3, 0.4) is 0 Å². The van der Waals surface area contributed by atoms with Crippen LogP contribution in [-0.2, 0) is 4.74 Å². The van der Waals surface area contributed by atoms with Crippen molar-refractivity contribution in [2.24, 2.45) is 0 Å². The molecule has 0 aliphatic heterocycles. The lowest BCUT2D eigenvalue weighted by molar-refractivity contribution is 0.0523. The molecule has 0 radical (unpaired) electrons. The third-order valence-electron chi connectivity index (χ3n) is 2.59. The van der Waals surface area contributed by atoms with Crippen LogP contribution in [0.25, 0.3) is 0 Å². The molecule has 0 fully saturated rings. The number of para-hydroxylation sites is 1. The van der Waals surface area contributed by atoms with Crippen molar-refractivity contribution in [2.45, 2.75) is 6.92 Å². The van der Waals surface area contributed by atoms with Crippen molar-refractivity contribution < 1.29 is 14.3 Å². The number of carbonyl (C=O) groups excluding carboxylic acids is 1. The average Bonchev–Trinajstić information content (AvgIpc) is 2.49. The van der Waals surface area contributed by atoms with Crippen molar-refractivity contribution in [3.8, 4) is 17.6 Å². The number of hydrogen-bond donors (Lipinski definition) is 0. The Labute approximate surface area is 117 Å². The fraction of sp³-hybridized carbons (Fsp3) is 0.125. The van der Waals surface area contributed by atoms with Crippen LogP contribution in [-0.4, -0.2) is 12.6 Å². The van der Waals surface area contributed by atoms with E-state index in [0.29, 0.717) is 29.2 Å². The van der Waals surface area contributed by atoms with Crippen molar-refractivity contribution >= 4 is 5.97 Å². The summed E-state index contributed by atoms with van der Waals surface area (Å²) in [7, 11) is 0. The van der Waals surface area contributed by atoms with Crippen molar-refractivity contribution in [2.75, 3.05) is 6.61 Å². The predicted octanol–water partition coefficient (Wildman–Crippen LogP) is 3.53. The number of nitriles is 1. The Hall–Kier alpha value is -2.80. The molecule has 0 heterocycles. The zero-order valence-electron chi connectivity index (χ0n) is 11.0. The van der Waals surface area contributed by atoms with Crippen molar-refractivity contribution in [1.29, 1.82) is 5.26 Å². The number of nitrogens with zero attached hydrogens (tertiary/aromatic N) is 1. The Morgan fingerprint density at radius 1 is 1.15 bits per heavy atom. The van der Waals surface area contributed by atoms with Gasteiger partial charge in [0.15, 0.2) is 0 Å². The van der Waals surface area contributed by atoms with Crippen LogP contribution >= 0.6 is 0 Å². The van der Waals surface area contributed by atoms with E-state index in [1.807, 2.05) is 6.07 Å². The molecule has 2 aromatic rings. The molecule has 0 saturated carbocycles. The van der Waals surface area contributed by atoms with Gasteiger partial charge in [0.2, 0.25) is 0 Å². The van der Waals surface area contributed by atoms with Crippen LogP contribution in [0.1, 0.15) is 22.8 Å². The molecule has 100 valence electrons. The summed E-state index contributed by atoms with van der Waals surface area (Å²) in [6.07, 6.45) is 0. The van der Waals surface area contributed by atoms with Crippen LogP contribution in [0.15, 0.2) is 48.5 Å². The van der Waals surface area contributed by atoms with Crippen LogP contribution in [0.2, 0.25) is 0 Å². The third kappa shape index (κ3) is 3.15. The summed E-state index contributed by atoms with van der Waals surface area (Å²) >= 11 is 0. The van der Waals surface area contributed by atoms with Gasteiger partial charge in [-0.25, -0.2) is 4.79 Å². The lowest BCUT2D eigenvalue weighted by Gasteiger charge is -2.10. The number of hydrogen-bond acceptors (Lipinski definition) is 4. The second-order valence-corrected chi connectivity index (χ2v) is 3.95. The van der Waals surface area contributed by atoms with Gasteiger partial charge < -0.3 is 9.47 Å². The molecule has 0 spiro atoms. The van der Waals surface area contributed by atoms with E-state index in [0.717, 1.165) is 0 Å². The SMILES string of the molecule is CCOC(=O)c1ccccc1Oc1ccc(C#N)cc1. The Morgan fingerprint density at radius 2 is 1.85 bits per heavy atom. The highest BCUT2D eigenvalue weighted by Crippen LogP contribution is 2.26. The van der Waals surface area contributed by atoms with Gasteiger partial charge in [-0.15, -0.1) is 0 Å². The van der Waals surface area contributed by atoms with E-state index in [1.54, 1.807) is 55.5 Å². The highest BCUT2D eigenvalue weighted by Gasteiger charge is 2.13. The van der Waals surface area contributed by atoms with Gasteiger partial charge in [0.25, 0.3) is 0 Å². The maximum absolute atomic E-state index is 11.8. The molecule has 0 atom stereocenters. The standard InChI is InChI=1S/C16H13NO3/c1-2-19-16(18)14-5-3-4-6-15(14)20-13-9-7-12(11-17)8-10-13/h3-10H,2H2,1H3. The molecule has 2 rings (SSSR count). The molecule has 4 nitrogen and oxygen atoms in total. The molecule has 0 N–H and O–H groups in total. The first-order chi connectivity index (χ1) is 9.74. The number of ether oxygens (including phenoxy) is 2. The maximum Gasteiger partial charge on any atom is 0.341 e. The zero-order valence-corrected chi connectivity index (χ0v) is 11.0. The van der Waals surface area contributed by atoms with E-state index in [-0.39, 0.29) is 0 Å². The van der Waals surface area contributed by atoms with E-state index < -0.39 is 5.97 Å². The topological polar surface area (TPSA) is 59.3 Å². The highest BCUT2D eigenvalue weighted by atomic mass is 16.5. The molecular weight excluding hydrogens is 254 g/mol. The van der Waals surface area contributed by atoms with Gasteiger partial charge in [-0.05, 0) is 43.3 Å². The van der Waals surface area contributed by atoms with Gasteiger partial charge in [-0.2, -0.15) is 5.26 Å². The number of esters is 1. The van der Waals surface area contributed by atoms with E-state index in [1.165, 1.54) is 0 Å². The summed E-state index contributed by atoms with van der Waals surface area (Å²) in [4.78, 5) is 11.8. The first-order valence-corrected chi connectivity index (χ1v) is 6.18. The van der Waals surface area contributed by atoms with Gasteiger partial charge in [0, 0.05) is 0 Å². The Kier molecular flexibility index (Phi) is 4.35. The summed E-state index contributed by atoms with van der Waals surface area (Å²) in [6.45, 7) is 2.06. The molecule has 4 heteroatoms. The van der Waals surface area contributed by atoms with Gasteiger partial charge >= 0.3 is 5.97 Å². The van der Waals surface area contributed by atoms with Gasteiger partial charge in [0.1, 0.15) is 17.1 Å². The van der Waals surface area contributed by atoms with Gasteiger partial charge in [-0.3, -0.25) is 0 Å². The second-order valence-electron chi connectivity index (χ2n) is 3.95. The fourth-order valence-corrected chi connectivity index (χ4v) is 1.66. The van der Waals surface area contributed by atoms with Crippen LogP contribution in [0.4, 0.5) is 0 Å². The lowest BCUT2D eigenvalue weighted by atomic mass is 10.2. The van der Waals surface area contributed by atoms with Crippen molar-refractivity contribution in [3.05, 3.63) is 59.7 Å². The van der Waals surface area contributed by atoms with E-state index in [2.05, 4.69) is 0 Å². The predicted molar refractivity (Wildman–Crippen MR) is 73.6 cm³/mol. The molecule has 0 bridgehead atoms. The van der Waals surface area contributed by atoms with E-state index in [4.69, 9.17) is 14.7 Å². The number of rotatable bonds is 4. The Bertz CT molecular complexity index is 642. The van der Waals surface area contributed by atoms with Gasteiger partial charge in [0.05, 0.1) is 18.2 Å².